The second-order valence-electron chi connectivity index (χ2n) is 6.03. The number of nitrogens with zero attached hydrogens (tertiary/aromatic N) is 1. The van der Waals surface area contributed by atoms with Gasteiger partial charge in [-0.1, -0.05) is 27.7 Å². The van der Waals surface area contributed by atoms with Crippen molar-refractivity contribution >= 4 is 11.3 Å². The summed E-state index contributed by atoms with van der Waals surface area (Å²) >= 11 is 1.73. The van der Waals surface area contributed by atoms with Crippen LogP contribution in [0.4, 0.5) is 0 Å². The lowest BCUT2D eigenvalue weighted by Crippen LogP contribution is -2.22. The third-order valence-corrected chi connectivity index (χ3v) is 5.78. The Balaban J connectivity index is 1.86. The standard InChI is InChI=1S/C13H22N2S/c1-9(10-6-14-8-16-10)15-7-11-12(2,3)13(11,4)5/h6,8-9,11,15H,7H2,1-5H3. The van der Waals surface area contributed by atoms with E-state index in [1.54, 1.807) is 11.3 Å². The first-order valence-electron chi connectivity index (χ1n) is 5.99. The number of rotatable bonds is 4. The zero-order valence-corrected chi connectivity index (χ0v) is 11.7. The second-order valence-corrected chi connectivity index (χ2v) is 6.95. The average molecular weight is 238 g/mol. The highest BCUT2D eigenvalue weighted by molar-refractivity contribution is 7.09. The van der Waals surface area contributed by atoms with Crippen molar-refractivity contribution in [2.75, 3.05) is 6.54 Å². The van der Waals surface area contributed by atoms with Crippen LogP contribution in [0.2, 0.25) is 0 Å². The lowest BCUT2D eigenvalue weighted by Gasteiger charge is -2.12. The van der Waals surface area contributed by atoms with Gasteiger partial charge in [-0.05, 0) is 30.2 Å². The lowest BCUT2D eigenvalue weighted by atomic mass is 10.0. The molecule has 0 aliphatic heterocycles. The Morgan fingerprint density at radius 3 is 2.44 bits per heavy atom. The Morgan fingerprint density at radius 2 is 2.00 bits per heavy atom. The molecule has 1 aromatic heterocycles. The molecule has 3 heteroatoms. The molecule has 0 aromatic carbocycles. The van der Waals surface area contributed by atoms with Crippen LogP contribution in [0.25, 0.3) is 0 Å². The summed E-state index contributed by atoms with van der Waals surface area (Å²) in [6.07, 6.45) is 1.96. The van der Waals surface area contributed by atoms with E-state index in [0.717, 1.165) is 12.5 Å². The van der Waals surface area contributed by atoms with Crippen molar-refractivity contribution < 1.29 is 0 Å². The molecule has 0 spiro atoms. The number of thiazole rings is 1. The Kier molecular flexibility index (Phi) is 2.87. The van der Waals surface area contributed by atoms with Crippen molar-refractivity contribution in [1.82, 2.24) is 10.3 Å². The molecule has 1 aliphatic rings. The van der Waals surface area contributed by atoms with E-state index >= 15 is 0 Å². The maximum atomic E-state index is 4.12. The van der Waals surface area contributed by atoms with E-state index in [1.165, 1.54) is 4.88 Å². The number of hydrogen-bond acceptors (Lipinski definition) is 3. The first kappa shape index (κ1) is 12.1. The van der Waals surface area contributed by atoms with Crippen LogP contribution in [0.5, 0.6) is 0 Å². The summed E-state index contributed by atoms with van der Waals surface area (Å²) in [6.45, 7) is 12.8. The van der Waals surface area contributed by atoms with Crippen molar-refractivity contribution in [2.45, 2.75) is 40.7 Å². The van der Waals surface area contributed by atoms with Crippen LogP contribution in [-0.2, 0) is 0 Å². The van der Waals surface area contributed by atoms with Gasteiger partial charge in [0.05, 0.1) is 5.51 Å². The number of nitrogens with one attached hydrogen (secondary N) is 1. The zero-order valence-electron chi connectivity index (χ0n) is 10.9. The molecule has 16 heavy (non-hydrogen) atoms. The van der Waals surface area contributed by atoms with Gasteiger partial charge < -0.3 is 5.32 Å². The largest absolute Gasteiger partial charge is 0.309 e. The van der Waals surface area contributed by atoms with Gasteiger partial charge in [0.1, 0.15) is 0 Å². The minimum absolute atomic E-state index is 0.430. The summed E-state index contributed by atoms with van der Waals surface area (Å²) in [6, 6.07) is 0.430. The first-order valence-corrected chi connectivity index (χ1v) is 6.87. The fourth-order valence-electron chi connectivity index (χ4n) is 2.68. The maximum absolute atomic E-state index is 4.12. The van der Waals surface area contributed by atoms with Crippen LogP contribution in [0.15, 0.2) is 11.7 Å². The normalized spacial score (nSPS) is 24.3. The average Bonchev–Trinajstić information content (AvgIpc) is 2.66. The van der Waals surface area contributed by atoms with Gasteiger partial charge >= 0.3 is 0 Å². The first-order chi connectivity index (χ1) is 7.37. The molecule has 90 valence electrons. The Hall–Kier alpha value is -0.410. The molecule has 2 nitrogen and oxygen atoms in total. The molecule has 0 bridgehead atoms. The molecule has 0 amide bonds. The van der Waals surface area contributed by atoms with Crippen molar-refractivity contribution in [3.8, 4) is 0 Å². The summed E-state index contributed by atoms with van der Waals surface area (Å²) < 4.78 is 0. The molecule has 2 rings (SSSR count). The fraction of sp³-hybridized carbons (Fsp3) is 0.769. The lowest BCUT2D eigenvalue weighted by molar-refractivity contribution is 0.457. The summed E-state index contributed by atoms with van der Waals surface area (Å²) in [5, 5.41) is 3.63. The Bertz CT molecular complexity index is 340. The highest BCUT2D eigenvalue weighted by Gasteiger charge is 2.63. The van der Waals surface area contributed by atoms with E-state index in [9.17, 15) is 0 Å². The highest BCUT2D eigenvalue weighted by Crippen LogP contribution is 2.68. The maximum Gasteiger partial charge on any atom is 0.0794 e. The highest BCUT2D eigenvalue weighted by atomic mass is 32.1. The molecule has 1 aliphatic carbocycles. The molecule has 0 saturated heterocycles. The van der Waals surface area contributed by atoms with E-state index in [1.807, 2.05) is 11.7 Å². The zero-order chi connectivity index (χ0) is 12.0. The van der Waals surface area contributed by atoms with Gasteiger partial charge in [0.2, 0.25) is 0 Å². The molecule has 1 heterocycles. The second kappa shape index (κ2) is 3.81. The van der Waals surface area contributed by atoms with E-state index in [4.69, 9.17) is 0 Å². The molecule has 1 atom stereocenters. The van der Waals surface area contributed by atoms with E-state index in [0.29, 0.717) is 16.9 Å². The van der Waals surface area contributed by atoms with Crippen LogP contribution >= 0.6 is 11.3 Å². The number of aromatic nitrogens is 1. The smallest absolute Gasteiger partial charge is 0.0794 e. The molecular formula is C13H22N2S. The third kappa shape index (κ3) is 1.80. The molecule has 1 saturated carbocycles. The molecule has 1 aromatic rings. The minimum Gasteiger partial charge on any atom is -0.309 e. The minimum atomic E-state index is 0.430. The van der Waals surface area contributed by atoms with Gasteiger partial charge in [-0.15, -0.1) is 11.3 Å². The van der Waals surface area contributed by atoms with Gasteiger partial charge in [0, 0.05) is 17.1 Å². The van der Waals surface area contributed by atoms with Gasteiger partial charge in [0.25, 0.3) is 0 Å². The van der Waals surface area contributed by atoms with Crippen LogP contribution in [0, 0.1) is 16.7 Å². The van der Waals surface area contributed by atoms with E-state index in [2.05, 4.69) is 44.9 Å². The monoisotopic (exact) mass is 238 g/mol. The van der Waals surface area contributed by atoms with Crippen LogP contribution in [0.1, 0.15) is 45.5 Å². The van der Waals surface area contributed by atoms with Crippen LogP contribution in [0.3, 0.4) is 0 Å². The molecular weight excluding hydrogens is 216 g/mol. The van der Waals surface area contributed by atoms with Crippen molar-refractivity contribution in [3.05, 3.63) is 16.6 Å². The van der Waals surface area contributed by atoms with Gasteiger partial charge in [-0.2, -0.15) is 0 Å². The predicted molar refractivity (Wildman–Crippen MR) is 69.6 cm³/mol. The topological polar surface area (TPSA) is 24.9 Å². The van der Waals surface area contributed by atoms with Crippen molar-refractivity contribution in [3.63, 3.8) is 0 Å². The summed E-state index contributed by atoms with van der Waals surface area (Å²) in [7, 11) is 0. The molecule has 1 N–H and O–H groups in total. The molecule has 1 unspecified atom stereocenters. The molecule has 1 fully saturated rings. The summed E-state index contributed by atoms with van der Waals surface area (Å²) in [4.78, 5) is 5.45. The quantitative estimate of drug-likeness (QED) is 0.868. The SMILES string of the molecule is CC(NCC1C(C)(C)C1(C)C)c1cncs1. The van der Waals surface area contributed by atoms with Crippen LogP contribution in [-0.4, -0.2) is 11.5 Å². The van der Waals surface area contributed by atoms with E-state index in [-0.39, 0.29) is 0 Å². The fourth-order valence-corrected chi connectivity index (χ4v) is 3.33. The predicted octanol–water partition coefficient (Wildman–Crippen LogP) is 3.48. The Labute approximate surface area is 102 Å². The van der Waals surface area contributed by atoms with Gasteiger partial charge in [-0.3, -0.25) is 4.98 Å². The van der Waals surface area contributed by atoms with Gasteiger partial charge in [-0.25, -0.2) is 0 Å². The number of hydrogen-bond donors (Lipinski definition) is 1. The van der Waals surface area contributed by atoms with E-state index < -0.39 is 0 Å². The van der Waals surface area contributed by atoms with Crippen molar-refractivity contribution in [2.24, 2.45) is 16.7 Å². The molecule has 0 radical (unpaired) electrons. The Morgan fingerprint density at radius 1 is 1.38 bits per heavy atom. The summed E-state index contributed by atoms with van der Waals surface area (Å²) in [5.41, 5.74) is 2.86. The summed E-state index contributed by atoms with van der Waals surface area (Å²) in [5.74, 6) is 0.787. The van der Waals surface area contributed by atoms with Gasteiger partial charge in [0.15, 0.2) is 0 Å². The van der Waals surface area contributed by atoms with Crippen molar-refractivity contribution in [1.29, 1.82) is 0 Å². The third-order valence-electron chi connectivity index (χ3n) is 4.83. The van der Waals surface area contributed by atoms with Crippen LogP contribution < -0.4 is 5.32 Å².